The zero-order valence-corrected chi connectivity index (χ0v) is 11.0. The van der Waals surface area contributed by atoms with E-state index in [1.165, 1.54) is 0 Å². The van der Waals surface area contributed by atoms with Crippen LogP contribution in [0.25, 0.3) is 0 Å². The molecular formula is C13H14ClN3O2. The Bertz CT molecular complexity index is 528. The van der Waals surface area contributed by atoms with Gasteiger partial charge in [0.25, 0.3) is 0 Å². The summed E-state index contributed by atoms with van der Waals surface area (Å²) in [5.74, 6) is 0.284. The molecule has 6 heteroatoms. The monoisotopic (exact) mass is 279 g/mol. The summed E-state index contributed by atoms with van der Waals surface area (Å²) in [6.07, 6.45) is 3.68. The van der Waals surface area contributed by atoms with Crippen LogP contribution in [0.15, 0.2) is 36.8 Å². The van der Waals surface area contributed by atoms with E-state index in [4.69, 9.17) is 16.3 Å². The average molecular weight is 280 g/mol. The van der Waals surface area contributed by atoms with Crippen molar-refractivity contribution in [2.75, 3.05) is 17.8 Å². The summed E-state index contributed by atoms with van der Waals surface area (Å²) in [6, 6.07) is 7.54. The molecule has 2 rings (SSSR count). The number of anilines is 1. The van der Waals surface area contributed by atoms with Crippen LogP contribution >= 0.6 is 11.6 Å². The first-order valence-corrected chi connectivity index (χ1v) is 6.38. The molecule has 1 aromatic heterocycles. The molecule has 19 heavy (non-hydrogen) atoms. The fraction of sp³-hybridized carbons (Fsp3) is 0.231. The van der Waals surface area contributed by atoms with Crippen LogP contribution in [-0.2, 0) is 11.2 Å². The fourth-order valence-electron chi connectivity index (χ4n) is 1.64. The Morgan fingerprint density at radius 3 is 3.11 bits per heavy atom. The van der Waals surface area contributed by atoms with Gasteiger partial charge in [-0.25, -0.2) is 9.78 Å². The van der Waals surface area contributed by atoms with Crippen molar-refractivity contribution in [3.8, 4) is 0 Å². The maximum absolute atomic E-state index is 11.4. The van der Waals surface area contributed by atoms with Crippen molar-refractivity contribution >= 4 is 23.4 Å². The average Bonchev–Trinajstić information content (AvgIpc) is 2.89. The quantitative estimate of drug-likeness (QED) is 0.827. The number of halogens is 1. The Hall–Kier alpha value is -2.01. The number of benzene rings is 1. The third-order valence-electron chi connectivity index (χ3n) is 2.42. The molecule has 1 aromatic carbocycles. The summed E-state index contributed by atoms with van der Waals surface area (Å²) in [5.41, 5.74) is 2.69. The highest BCUT2D eigenvalue weighted by molar-refractivity contribution is 6.18. The predicted octanol–water partition coefficient (Wildman–Crippen LogP) is 2.79. The van der Waals surface area contributed by atoms with Gasteiger partial charge < -0.3 is 9.72 Å². The Labute approximate surface area is 116 Å². The van der Waals surface area contributed by atoms with E-state index in [0.29, 0.717) is 12.1 Å². The zero-order valence-electron chi connectivity index (χ0n) is 10.2. The molecule has 0 spiro atoms. The van der Waals surface area contributed by atoms with Gasteiger partial charge in [-0.3, -0.25) is 5.32 Å². The third kappa shape index (κ3) is 4.30. The summed E-state index contributed by atoms with van der Waals surface area (Å²) in [7, 11) is 0. The van der Waals surface area contributed by atoms with E-state index in [1.54, 1.807) is 12.4 Å². The molecule has 0 fully saturated rings. The van der Waals surface area contributed by atoms with E-state index >= 15 is 0 Å². The topological polar surface area (TPSA) is 67.0 Å². The highest BCUT2D eigenvalue weighted by Gasteiger charge is 2.04. The molecule has 0 atom stereocenters. The molecule has 0 saturated heterocycles. The number of hydrogen-bond acceptors (Lipinski definition) is 3. The molecule has 1 amide bonds. The number of nitrogens with zero attached hydrogens (tertiary/aromatic N) is 1. The van der Waals surface area contributed by atoms with Crippen molar-refractivity contribution in [1.29, 1.82) is 0 Å². The number of amides is 1. The Morgan fingerprint density at radius 2 is 2.37 bits per heavy atom. The summed E-state index contributed by atoms with van der Waals surface area (Å²) in [5, 5.41) is 2.65. The van der Waals surface area contributed by atoms with E-state index in [-0.39, 0.29) is 12.5 Å². The number of aromatic nitrogens is 2. The van der Waals surface area contributed by atoms with Crippen molar-refractivity contribution < 1.29 is 9.53 Å². The molecule has 5 nitrogen and oxygen atoms in total. The molecule has 2 N–H and O–H groups in total. The zero-order chi connectivity index (χ0) is 13.5. The lowest BCUT2D eigenvalue weighted by molar-refractivity contribution is 0.168. The van der Waals surface area contributed by atoms with E-state index in [2.05, 4.69) is 15.3 Å². The number of carbonyl (C=O) groups excluding carboxylic acids is 1. The number of alkyl halides is 1. The summed E-state index contributed by atoms with van der Waals surface area (Å²) < 4.78 is 4.84. The maximum Gasteiger partial charge on any atom is 0.411 e. The number of aromatic amines is 1. The predicted molar refractivity (Wildman–Crippen MR) is 73.5 cm³/mol. The van der Waals surface area contributed by atoms with Crippen LogP contribution in [0.1, 0.15) is 11.3 Å². The molecule has 0 aliphatic rings. The van der Waals surface area contributed by atoms with Gasteiger partial charge in [-0.15, -0.1) is 11.6 Å². The van der Waals surface area contributed by atoms with Gasteiger partial charge in [0.2, 0.25) is 0 Å². The molecule has 0 bridgehead atoms. The smallest absolute Gasteiger partial charge is 0.411 e. The van der Waals surface area contributed by atoms with Crippen LogP contribution in [0.5, 0.6) is 0 Å². The highest BCUT2D eigenvalue weighted by atomic mass is 35.5. The number of nitrogens with one attached hydrogen (secondary N) is 2. The van der Waals surface area contributed by atoms with Crippen molar-refractivity contribution in [2.45, 2.75) is 6.42 Å². The maximum atomic E-state index is 11.4. The highest BCUT2D eigenvalue weighted by Crippen LogP contribution is 2.13. The molecule has 0 aliphatic carbocycles. The molecule has 0 radical (unpaired) electrons. The van der Waals surface area contributed by atoms with E-state index in [9.17, 15) is 4.79 Å². The molecule has 0 aliphatic heterocycles. The number of ether oxygens (including phenoxy) is 1. The van der Waals surface area contributed by atoms with Gasteiger partial charge in [0.15, 0.2) is 0 Å². The summed E-state index contributed by atoms with van der Waals surface area (Å²) in [6.45, 7) is 0.195. The van der Waals surface area contributed by atoms with Gasteiger partial charge in [-0.05, 0) is 17.7 Å². The second-order valence-electron chi connectivity index (χ2n) is 3.89. The van der Waals surface area contributed by atoms with Crippen LogP contribution < -0.4 is 5.32 Å². The fourth-order valence-corrected chi connectivity index (χ4v) is 1.72. The molecule has 1 heterocycles. The van der Waals surface area contributed by atoms with Crippen molar-refractivity contribution in [2.24, 2.45) is 0 Å². The molecule has 100 valence electrons. The van der Waals surface area contributed by atoms with Crippen LogP contribution in [-0.4, -0.2) is 28.5 Å². The third-order valence-corrected chi connectivity index (χ3v) is 2.58. The van der Waals surface area contributed by atoms with E-state index in [1.807, 2.05) is 24.4 Å². The SMILES string of the molecule is O=C(Nc1cccc(Cc2c[nH]cn2)c1)OCCCl. The minimum Gasteiger partial charge on any atom is -0.448 e. The van der Waals surface area contributed by atoms with Gasteiger partial charge in [0.1, 0.15) is 6.61 Å². The number of imidazole rings is 1. The van der Waals surface area contributed by atoms with Crippen LogP contribution in [0.3, 0.4) is 0 Å². The van der Waals surface area contributed by atoms with Crippen molar-refractivity contribution in [3.63, 3.8) is 0 Å². The largest absolute Gasteiger partial charge is 0.448 e. The number of rotatable bonds is 5. The second-order valence-corrected chi connectivity index (χ2v) is 4.27. The minimum atomic E-state index is -0.502. The number of H-pyrrole nitrogens is 1. The lowest BCUT2D eigenvalue weighted by Crippen LogP contribution is -2.14. The first-order valence-electron chi connectivity index (χ1n) is 5.84. The number of carbonyl (C=O) groups is 1. The van der Waals surface area contributed by atoms with Gasteiger partial charge in [-0.2, -0.15) is 0 Å². The van der Waals surface area contributed by atoms with Crippen molar-refractivity contribution in [3.05, 3.63) is 48.0 Å². The molecule has 2 aromatic rings. The van der Waals surface area contributed by atoms with Gasteiger partial charge >= 0.3 is 6.09 Å². The first kappa shape index (κ1) is 13.4. The van der Waals surface area contributed by atoms with Gasteiger partial charge in [0.05, 0.1) is 17.9 Å². The van der Waals surface area contributed by atoms with E-state index < -0.39 is 6.09 Å². The molecule has 0 saturated carbocycles. The van der Waals surface area contributed by atoms with Crippen LogP contribution in [0.2, 0.25) is 0 Å². The second kappa shape index (κ2) is 6.80. The van der Waals surface area contributed by atoms with Gasteiger partial charge in [0, 0.05) is 18.3 Å². The van der Waals surface area contributed by atoms with Crippen LogP contribution in [0, 0.1) is 0 Å². The normalized spacial score (nSPS) is 10.2. The summed E-state index contributed by atoms with van der Waals surface area (Å²) in [4.78, 5) is 18.5. The Morgan fingerprint density at radius 1 is 1.47 bits per heavy atom. The Kier molecular flexibility index (Phi) is 4.80. The first-order chi connectivity index (χ1) is 9.28. The Balaban J connectivity index is 1.97. The van der Waals surface area contributed by atoms with Crippen LogP contribution in [0.4, 0.5) is 10.5 Å². The van der Waals surface area contributed by atoms with Crippen molar-refractivity contribution in [1.82, 2.24) is 9.97 Å². The van der Waals surface area contributed by atoms with E-state index in [0.717, 1.165) is 11.3 Å². The lowest BCUT2D eigenvalue weighted by Gasteiger charge is -2.07. The lowest BCUT2D eigenvalue weighted by atomic mass is 10.1. The number of hydrogen-bond donors (Lipinski definition) is 2. The molecule has 0 unspecified atom stereocenters. The minimum absolute atomic E-state index is 0.195. The summed E-state index contributed by atoms with van der Waals surface area (Å²) >= 11 is 5.44. The standard InChI is InChI=1S/C13H14ClN3O2/c14-4-5-19-13(18)17-11-3-1-2-10(6-11)7-12-8-15-9-16-12/h1-3,6,8-9H,4-5,7H2,(H,15,16)(H,17,18). The molecular weight excluding hydrogens is 266 g/mol. The van der Waals surface area contributed by atoms with Gasteiger partial charge in [-0.1, -0.05) is 12.1 Å².